The summed E-state index contributed by atoms with van der Waals surface area (Å²) in [5.41, 5.74) is 6.26. The summed E-state index contributed by atoms with van der Waals surface area (Å²) in [4.78, 5) is 10.2. The summed E-state index contributed by atoms with van der Waals surface area (Å²) in [6.07, 6.45) is 2.35. The topological polar surface area (TPSA) is 115 Å². The number of sulfonamides is 1. The van der Waals surface area contributed by atoms with E-state index in [0.717, 1.165) is 12.8 Å². The molecule has 1 rings (SSSR count). The van der Waals surface area contributed by atoms with Crippen LogP contribution in [0.5, 0.6) is 0 Å². The minimum atomic E-state index is -4.00. The molecular weight excluding hydrogens is 342 g/mol. The molecule has 0 spiro atoms. The number of nitrogens with zero attached hydrogens (tertiary/aromatic N) is 1. The van der Waals surface area contributed by atoms with Crippen molar-refractivity contribution in [1.82, 2.24) is 4.72 Å². The van der Waals surface area contributed by atoms with Crippen molar-refractivity contribution in [2.24, 2.45) is 5.73 Å². The first-order chi connectivity index (χ1) is 10.2. The Morgan fingerprint density at radius 3 is 2.43 bits per heavy atom. The lowest BCUT2D eigenvalue weighted by Crippen LogP contribution is -2.40. The minimum Gasteiger partial charge on any atom is -0.329 e. The maximum absolute atomic E-state index is 12.6. The quantitative estimate of drug-likeness (QED) is 0.542. The number of aryl methyl sites for hydroxylation is 1. The van der Waals surface area contributed by atoms with Crippen LogP contribution in [-0.4, -0.2) is 25.9 Å². The molecule has 0 saturated heterocycles. The molecule has 0 heterocycles. The largest absolute Gasteiger partial charge is 0.329 e. The van der Waals surface area contributed by atoms with E-state index in [1.54, 1.807) is 19.9 Å². The number of unbranched alkanes of at least 4 members (excludes halogenated alkanes) is 1. The minimum absolute atomic E-state index is 0. The van der Waals surface area contributed by atoms with E-state index >= 15 is 0 Å². The van der Waals surface area contributed by atoms with Crippen molar-refractivity contribution >= 4 is 28.1 Å². The van der Waals surface area contributed by atoms with Crippen LogP contribution in [0.4, 0.5) is 5.69 Å². The van der Waals surface area contributed by atoms with Crippen molar-refractivity contribution in [2.45, 2.75) is 51.0 Å². The molecule has 1 atom stereocenters. The Morgan fingerprint density at radius 1 is 1.35 bits per heavy atom. The predicted molar refractivity (Wildman–Crippen MR) is 92.5 cm³/mol. The molecule has 0 aliphatic rings. The summed E-state index contributed by atoms with van der Waals surface area (Å²) < 4.78 is 27.7. The van der Waals surface area contributed by atoms with Gasteiger partial charge in [0.05, 0.1) is 4.92 Å². The van der Waals surface area contributed by atoms with Crippen molar-refractivity contribution in [2.75, 3.05) is 6.54 Å². The summed E-state index contributed by atoms with van der Waals surface area (Å²) in [6.45, 7) is 5.44. The molecule has 7 nitrogen and oxygen atoms in total. The monoisotopic (exact) mass is 365 g/mol. The highest BCUT2D eigenvalue weighted by Crippen LogP contribution is 2.29. The van der Waals surface area contributed by atoms with E-state index in [1.807, 2.05) is 6.92 Å². The van der Waals surface area contributed by atoms with Gasteiger partial charge >= 0.3 is 0 Å². The van der Waals surface area contributed by atoms with Crippen LogP contribution < -0.4 is 10.5 Å². The second-order valence-corrected chi connectivity index (χ2v) is 6.96. The molecule has 0 saturated carbocycles. The number of nitrogens with two attached hydrogens (primary N) is 1. The predicted octanol–water partition coefficient (Wildman–Crippen LogP) is 2.43. The van der Waals surface area contributed by atoms with Gasteiger partial charge in [0.25, 0.3) is 5.69 Å². The molecule has 3 N–H and O–H groups in total. The molecule has 0 fully saturated rings. The van der Waals surface area contributed by atoms with E-state index in [1.165, 1.54) is 6.07 Å². The Bertz CT molecular complexity index is 650. The number of benzene rings is 1. The SMILES string of the molecule is CCCCC(CN)NS(=O)(=O)c1c([N+](=O)[O-])ccc(C)c1C.Cl. The fraction of sp³-hybridized carbons (Fsp3) is 0.571. The third-order valence-corrected chi connectivity index (χ3v) is 5.33. The average molecular weight is 366 g/mol. The van der Waals surface area contributed by atoms with Gasteiger partial charge in [-0.1, -0.05) is 25.8 Å². The molecule has 1 unspecified atom stereocenters. The third kappa shape index (κ3) is 5.42. The first kappa shape index (κ1) is 21.8. The normalized spacial score (nSPS) is 12.5. The Labute approximate surface area is 143 Å². The maximum atomic E-state index is 12.6. The highest BCUT2D eigenvalue weighted by molar-refractivity contribution is 7.89. The molecule has 0 aromatic heterocycles. The number of nitro benzene ring substituents is 1. The van der Waals surface area contributed by atoms with Gasteiger partial charge in [0.2, 0.25) is 10.0 Å². The van der Waals surface area contributed by atoms with E-state index in [0.29, 0.717) is 17.5 Å². The van der Waals surface area contributed by atoms with E-state index in [9.17, 15) is 18.5 Å². The van der Waals surface area contributed by atoms with Crippen molar-refractivity contribution in [1.29, 1.82) is 0 Å². The van der Waals surface area contributed by atoms with Crippen molar-refractivity contribution in [3.8, 4) is 0 Å². The van der Waals surface area contributed by atoms with Crippen LogP contribution in [0.25, 0.3) is 0 Å². The van der Waals surface area contributed by atoms with Crippen LogP contribution in [0, 0.1) is 24.0 Å². The number of rotatable bonds is 8. The van der Waals surface area contributed by atoms with Gasteiger partial charge in [-0.05, 0) is 31.4 Å². The first-order valence-corrected chi connectivity index (χ1v) is 8.69. The van der Waals surface area contributed by atoms with Crippen LogP contribution in [0.1, 0.15) is 37.3 Å². The summed E-state index contributed by atoms with van der Waals surface area (Å²) in [5, 5.41) is 11.1. The molecule has 1 aromatic carbocycles. The Kier molecular flexibility index (Phi) is 8.68. The van der Waals surface area contributed by atoms with Crippen LogP contribution in [0.3, 0.4) is 0 Å². The Balaban J connectivity index is 0.00000484. The zero-order chi connectivity index (χ0) is 16.9. The van der Waals surface area contributed by atoms with Crippen molar-refractivity contribution in [3.05, 3.63) is 33.4 Å². The standard InChI is InChI=1S/C14H23N3O4S.ClH/c1-4-5-6-12(9-15)16-22(20,21)14-11(3)10(2)7-8-13(14)17(18)19;/h7-8,12,16H,4-6,9,15H2,1-3H3;1H. The Hall–Kier alpha value is -1.22. The molecule has 1 aromatic rings. The second-order valence-electron chi connectivity index (χ2n) is 5.31. The number of halogens is 1. The average Bonchev–Trinajstić information content (AvgIpc) is 2.45. The lowest BCUT2D eigenvalue weighted by Gasteiger charge is -2.18. The van der Waals surface area contributed by atoms with E-state index in [-0.39, 0.29) is 23.8 Å². The second kappa shape index (κ2) is 9.17. The number of nitrogens with one attached hydrogen (secondary N) is 1. The smallest absolute Gasteiger partial charge is 0.289 e. The van der Waals surface area contributed by atoms with Gasteiger partial charge < -0.3 is 5.73 Å². The highest BCUT2D eigenvalue weighted by atomic mass is 35.5. The number of hydrogen-bond acceptors (Lipinski definition) is 5. The van der Waals surface area contributed by atoms with E-state index in [2.05, 4.69) is 4.72 Å². The zero-order valence-corrected chi connectivity index (χ0v) is 15.2. The molecule has 132 valence electrons. The van der Waals surface area contributed by atoms with Crippen LogP contribution in [0.2, 0.25) is 0 Å². The molecule has 9 heteroatoms. The summed E-state index contributed by atoms with van der Waals surface area (Å²) in [7, 11) is -4.00. The lowest BCUT2D eigenvalue weighted by atomic mass is 10.1. The third-order valence-electron chi connectivity index (χ3n) is 3.63. The van der Waals surface area contributed by atoms with Gasteiger partial charge in [-0.3, -0.25) is 10.1 Å². The molecule has 0 bridgehead atoms. The first-order valence-electron chi connectivity index (χ1n) is 7.21. The molecule has 0 aliphatic carbocycles. The summed E-state index contributed by atoms with van der Waals surface area (Å²) in [6, 6.07) is 2.34. The van der Waals surface area contributed by atoms with Gasteiger partial charge in [-0.15, -0.1) is 12.4 Å². The fourth-order valence-electron chi connectivity index (χ4n) is 2.21. The molecular formula is C14H24ClN3O4S. The number of nitro groups is 1. The molecule has 0 radical (unpaired) electrons. The zero-order valence-electron chi connectivity index (χ0n) is 13.5. The van der Waals surface area contributed by atoms with Crippen LogP contribution in [0.15, 0.2) is 17.0 Å². The van der Waals surface area contributed by atoms with Crippen molar-refractivity contribution < 1.29 is 13.3 Å². The molecule has 0 amide bonds. The summed E-state index contributed by atoms with van der Waals surface area (Å²) >= 11 is 0. The van der Waals surface area contributed by atoms with Crippen molar-refractivity contribution in [3.63, 3.8) is 0 Å². The van der Waals surface area contributed by atoms with E-state index in [4.69, 9.17) is 5.73 Å². The van der Waals surface area contributed by atoms with Gasteiger partial charge in [0, 0.05) is 18.7 Å². The Morgan fingerprint density at radius 2 is 1.96 bits per heavy atom. The summed E-state index contributed by atoms with van der Waals surface area (Å²) in [5.74, 6) is 0. The van der Waals surface area contributed by atoms with Gasteiger partial charge in [0.1, 0.15) is 0 Å². The van der Waals surface area contributed by atoms with Gasteiger partial charge in [-0.25, -0.2) is 13.1 Å². The van der Waals surface area contributed by atoms with Crippen LogP contribution in [-0.2, 0) is 10.0 Å². The lowest BCUT2D eigenvalue weighted by molar-refractivity contribution is -0.387. The fourth-order valence-corrected chi connectivity index (χ4v) is 3.97. The molecule has 23 heavy (non-hydrogen) atoms. The molecule has 0 aliphatic heterocycles. The van der Waals surface area contributed by atoms with Crippen LogP contribution >= 0.6 is 12.4 Å². The van der Waals surface area contributed by atoms with Gasteiger partial charge in [-0.2, -0.15) is 0 Å². The maximum Gasteiger partial charge on any atom is 0.289 e. The highest BCUT2D eigenvalue weighted by Gasteiger charge is 2.30. The van der Waals surface area contributed by atoms with Gasteiger partial charge in [0.15, 0.2) is 4.90 Å². The van der Waals surface area contributed by atoms with E-state index < -0.39 is 26.7 Å². The number of hydrogen-bond donors (Lipinski definition) is 2.